The van der Waals surface area contributed by atoms with Gasteiger partial charge in [0, 0.05) is 12.8 Å². The number of hydrogen-bond donors (Lipinski definition) is 0. The second-order valence-electron chi connectivity index (χ2n) is 24.5. The summed E-state index contributed by atoms with van der Waals surface area (Å²) in [5.41, 5.74) is 0. The van der Waals surface area contributed by atoms with Crippen molar-refractivity contribution in [2.45, 2.75) is 290 Å². The maximum absolute atomic E-state index is 12.9. The van der Waals surface area contributed by atoms with Crippen molar-refractivity contribution in [2.24, 2.45) is 0 Å². The van der Waals surface area contributed by atoms with Crippen molar-refractivity contribution in [3.8, 4) is 0 Å². The molecule has 2 unspecified atom stereocenters. The van der Waals surface area contributed by atoms with E-state index in [4.69, 9.17) is 18.5 Å². The van der Waals surface area contributed by atoms with Crippen LogP contribution in [0.25, 0.3) is 0 Å². The first-order chi connectivity index (χ1) is 43.0. The maximum atomic E-state index is 12.9. The Labute approximate surface area is 542 Å². The predicted octanol–water partition coefficient (Wildman–Crippen LogP) is 22.7. The highest BCUT2D eigenvalue weighted by atomic mass is 31.2. The summed E-state index contributed by atoms with van der Waals surface area (Å²) in [6, 6.07) is 0. The summed E-state index contributed by atoms with van der Waals surface area (Å²) < 4.78 is 34.3. The number of ether oxygens (including phenoxy) is 2. The Morgan fingerprint density at radius 1 is 0.364 bits per heavy atom. The van der Waals surface area contributed by atoms with Crippen LogP contribution in [-0.2, 0) is 32.7 Å². The first-order valence-electron chi connectivity index (χ1n) is 35.5. The van der Waals surface area contributed by atoms with Crippen molar-refractivity contribution in [1.82, 2.24) is 0 Å². The molecule has 0 aromatic carbocycles. The molecule has 0 aliphatic carbocycles. The first kappa shape index (κ1) is 83.9. The van der Waals surface area contributed by atoms with Crippen LogP contribution in [0.4, 0.5) is 0 Å². The van der Waals surface area contributed by atoms with E-state index in [1.165, 1.54) is 122 Å². The summed E-state index contributed by atoms with van der Waals surface area (Å²) in [6.45, 7) is 4.11. The number of hydrogen-bond acceptors (Lipinski definition) is 8. The van der Waals surface area contributed by atoms with E-state index in [0.717, 1.165) is 128 Å². The van der Waals surface area contributed by atoms with Gasteiger partial charge in [0.25, 0.3) is 7.82 Å². The monoisotopic (exact) mass is 1240 g/mol. The van der Waals surface area contributed by atoms with Crippen LogP contribution in [0, 0.1) is 0 Å². The highest BCUT2D eigenvalue weighted by Gasteiger charge is 2.22. The molecule has 0 heterocycles. The highest BCUT2D eigenvalue weighted by Crippen LogP contribution is 2.38. The lowest BCUT2D eigenvalue weighted by Crippen LogP contribution is -2.37. The fourth-order valence-electron chi connectivity index (χ4n) is 9.42. The van der Waals surface area contributed by atoms with Gasteiger partial charge in [-0.3, -0.25) is 14.2 Å². The van der Waals surface area contributed by atoms with Gasteiger partial charge in [-0.1, -0.05) is 295 Å². The van der Waals surface area contributed by atoms with Crippen molar-refractivity contribution >= 4 is 19.8 Å². The van der Waals surface area contributed by atoms with Crippen LogP contribution >= 0.6 is 7.82 Å². The molecule has 0 saturated carbocycles. The molecule has 0 aromatic rings. The molecular weight excluding hydrogens is 1110 g/mol. The maximum Gasteiger partial charge on any atom is 0.306 e. The van der Waals surface area contributed by atoms with Gasteiger partial charge in [-0.15, -0.1) is 0 Å². The number of rotatable bonds is 64. The van der Waals surface area contributed by atoms with E-state index in [1.807, 2.05) is 21.1 Å². The zero-order valence-electron chi connectivity index (χ0n) is 57.1. The third-order valence-corrected chi connectivity index (χ3v) is 15.8. The Bertz CT molecular complexity index is 2000. The number of quaternary nitrogens is 1. The van der Waals surface area contributed by atoms with E-state index < -0.39 is 26.5 Å². The molecule has 0 amide bonds. The van der Waals surface area contributed by atoms with Crippen LogP contribution in [0.15, 0.2) is 146 Å². The number of likely N-dealkylation sites (N-methyl/N-ethyl adjacent to an activating group) is 1. The standard InChI is InChI=1S/C78H132NO8P/c1-6-8-10-12-14-16-18-20-22-24-26-28-30-32-33-34-35-36-37-38-39-40-41-42-43-44-45-47-49-51-53-55-57-59-61-63-65-67-69-71-78(81)87-76(75-86-88(82,83)85-73-72-79(3,4)5)74-84-77(80)70-68-66-64-62-60-58-56-54-52-50-48-46-31-29-27-25-23-21-19-17-15-13-11-9-7-2/h8,10,14,16,19-22,25-28,31-33,35-36,38-39,41-42,44-46,76H,6-7,9,11-13,15,17-18,23-24,29-30,34,37,40,43,47-75H2,1-5H3/b10-8-,16-14-,21-19-,22-20-,27-25-,28-26-,33-32-,36-35-,39-38-,42-41-,45-44-,46-31-. The summed E-state index contributed by atoms with van der Waals surface area (Å²) in [5.74, 6) is -0.844. The minimum Gasteiger partial charge on any atom is -0.756 e. The largest absolute Gasteiger partial charge is 0.756 e. The zero-order chi connectivity index (χ0) is 64.1. The molecule has 0 spiro atoms. The number of phosphoric acid groups is 1. The van der Waals surface area contributed by atoms with E-state index in [2.05, 4.69) is 160 Å². The number of phosphoric ester groups is 1. The molecule has 10 heteroatoms. The van der Waals surface area contributed by atoms with Gasteiger partial charge in [0.1, 0.15) is 19.8 Å². The second kappa shape index (κ2) is 67.3. The molecule has 88 heavy (non-hydrogen) atoms. The summed E-state index contributed by atoms with van der Waals surface area (Å²) in [6.07, 6.45) is 99.2. The minimum atomic E-state index is -4.65. The van der Waals surface area contributed by atoms with Crippen molar-refractivity contribution in [3.05, 3.63) is 146 Å². The fraction of sp³-hybridized carbons (Fsp3) is 0.667. The van der Waals surface area contributed by atoms with Gasteiger partial charge in [-0.05, 0) is 122 Å². The summed E-state index contributed by atoms with van der Waals surface area (Å²) in [7, 11) is 1.15. The second-order valence-corrected chi connectivity index (χ2v) is 25.9. The Hall–Kier alpha value is -4.11. The smallest absolute Gasteiger partial charge is 0.306 e. The van der Waals surface area contributed by atoms with Gasteiger partial charge in [0.05, 0.1) is 27.7 Å². The third kappa shape index (κ3) is 71.0. The molecule has 0 rings (SSSR count). The van der Waals surface area contributed by atoms with Crippen molar-refractivity contribution in [2.75, 3.05) is 47.5 Å². The fourth-order valence-corrected chi connectivity index (χ4v) is 10.2. The number of unbranched alkanes of at least 4 members (excludes halogenated alkanes) is 26. The Kier molecular flexibility index (Phi) is 64.1. The van der Waals surface area contributed by atoms with Crippen molar-refractivity contribution < 1.29 is 42.1 Å². The molecule has 0 aliphatic rings. The molecule has 502 valence electrons. The lowest BCUT2D eigenvalue weighted by molar-refractivity contribution is -0.870. The average molecular weight is 1240 g/mol. The molecule has 0 aromatic heterocycles. The van der Waals surface area contributed by atoms with Crippen LogP contribution in [-0.4, -0.2) is 70.0 Å². The lowest BCUT2D eigenvalue weighted by Gasteiger charge is -2.28. The minimum absolute atomic E-state index is 0.0383. The Balaban J connectivity index is 4.10. The summed E-state index contributed by atoms with van der Waals surface area (Å²) in [4.78, 5) is 38.1. The number of carbonyl (C=O) groups is 2. The van der Waals surface area contributed by atoms with Crippen LogP contribution in [0.2, 0.25) is 0 Å². The molecule has 0 aliphatic heterocycles. The lowest BCUT2D eigenvalue weighted by atomic mass is 10.0. The third-order valence-electron chi connectivity index (χ3n) is 14.8. The molecule has 0 bridgehead atoms. The van der Waals surface area contributed by atoms with Crippen molar-refractivity contribution in [3.63, 3.8) is 0 Å². The van der Waals surface area contributed by atoms with Crippen molar-refractivity contribution in [1.29, 1.82) is 0 Å². The number of nitrogens with zero attached hydrogens (tertiary/aromatic N) is 1. The molecule has 0 fully saturated rings. The van der Waals surface area contributed by atoms with E-state index in [-0.39, 0.29) is 32.0 Å². The quantitative estimate of drug-likeness (QED) is 0.0195. The van der Waals surface area contributed by atoms with Gasteiger partial charge in [-0.25, -0.2) is 0 Å². The number of allylic oxidation sites excluding steroid dienone is 24. The van der Waals surface area contributed by atoms with E-state index in [9.17, 15) is 19.0 Å². The Morgan fingerprint density at radius 2 is 0.648 bits per heavy atom. The van der Waals surface area contributed by atoms with Gasteiger partial charge in [0.15, 0.2) is 6.10 Å². The molecular formula is C78H132NO8P. The van der Waals surface area contributed by atoms with Gasteiger partial charge in [-0.2, -0.15) is 0 Å². The van der Waals surface area contributed by atoms with E-state index in [1.54, 1.807) is 0 Å². The SMILES string of the molecule is CC/C=C\C/C=C\C/C=C\C/C=C\C/C=C\C/C=C\C/C=C\C/C=C\C/C=C\CCCCCCCCCCCCCC(=O)OC(COC(=O)CCCCCCCCCCCC/C=C\C/C=C\C/C=C\CCCCCCC)COP(=O)([O-])OCC[N+](C)(C)C. The Morgan fingerprint density at radius 3 is 0.966 bits per heavy atom. The molecule has 0 radical (unpaired) electrons. The average Bonchev–Trinajstić information content (AvgIpc) is 3.68. The molecule has 2 atom stereocenters. The number of carbonyl (C=O) groups excluding carboxylic acids is 2. The van der Waals surface area contributed by atoms with E-state index in [0.29, 0.717) is 17.4 Å². The van der Waals surface area contributed by atoms with Crippen LogP contribution in [0.3, 0.4) is 0 Å². The zero-order valence-corrected chi connectivity index (χ0v) is 58.0. The topological polar surface area (TPSA) is 111 Å². The van der Waals surface area contributed by atoms with Crippen LogP contribution in [0.1, 0.15) is 284 Å². The van der Waals surface area contributed by atoms with Crippen LogP contribution < -0.4 is 4.89 Å². The first-order valence-corrected chi connectivity index (χ1v) is 37.0. The van der Waals surface area contributed by atoms with Crippen LogP contribution in [0.5, 0.6) is 0 Å². The van der Waals surface area contributed by atoms with Gasteiger partial charge in [0.2, 0.25) is 0 Å². The normalized spacial score (nSPS) is 14.0. The molecule has 0 N–H and O–H groups in total. The molecule has 9 nitrogen and oxygen atoms in total. The summed E-state index contributed by atoms with van der Waals surface area (Å²) in [5, 5.41) is 0. The predicted molar refractivity (Wildman–Crippen MR) is 378 cm³/mol. The number of esters is 2. The van der Waals surface area contributed by atoms with E-state index >= 15 is 0 Å². The van der Waals surface area contributed by atoms with Gasteiger partial charge >= 0.3 is 11.9 Å². The van der Waals surface area contributed by atoms with Gasteiger partial charge < -0.3 is 27.9 Å². The molecule has 0 saturated heterocycles. The highest BCUT2D eigenvalue weighted by molar-refractivity contribution is 7.45. The summed E-state index contributed by atoms with van der Waals surface area (Å²) >= 11 is 0.